The average Bonchev–Trinajstić information content (AvgIpc) is 2.77. The predicted molar refractivity (Wildman–Crippen MR) is 119 cm³/mol. The quantitative estimate of drug-likeness (QED) is 0.582. The molecule has 1 unspecified atom stereocenters. The number of nitriles is 1. The molecule has 0 fully saturated rings. The second-order valence-corrected chi connectivity index (χ2v) is 7.48. The van der Waals surface area contributed by atoms with Gasteiger partial charge in [0.05, 0.1) is 30.2 Å². The third-order valence-electron chi connectivity index (χ3n) is 4.96. The number of carbonyl (C=O) groups excluding carboxylic acids is 1. The molecule has 9 heteroatoms. The van der Waals surface area contributed by atoms with E-state index in [1.54, 1.807) is 38.1 Å². The number of hydrogen-bond acceptors (Lipinski definition) is 7. The number of carbonyl (C=O) groups is 1. The van der Waals surface area contributed by atoms with E-state index in [4.69, 9.17) is 36.3 Å². The summed E-state index contributed by atoms with van der Waals surface area (Å²) in [7, 11) is 1.43. The van der Waals surface area contributed by atoms with E-state index in [1.807, 2.05) is 6.07 Å². The Bertz CT molecular complexity index is 1190. The largest absolute Gasteiger partial charge is 0.493 e. The van der Waals surface area contributed by atoms with Crippen LogP contribution in [0.15, 0.2) is 59.2 Å². The highest BCUT2D eigenvalue weighted by molar-refractivity contribution is 6.32. The summed E-state index contributed by atoms with van der Waals surface area (Å²) in [5.41, 5.74) is 7.17. The van der Waals surface area contributed by atoms with Crippen molar-refractivity contribution in [2.45, 2.75) is 26.4 Å². The van der Waals surface area contributed by atoms with E-state index < -0.39 is 11.9 Å². The zero-order chi connectivity index (χ0) is 24.1. The van der Waals surface area contributed by atoms with Crippen LogP contribution in [0.3, 0.4) is 0 Å². The highest BCUT2D eigenvalue weighted by atomic mass is 35.5. The lowest BCUT2D eigenvalue weighted by Crippen LogP contribution is -2.25. The smallest absolute Gasteiger partial charge is 0.338 e. The lowest BCUT2D eigenvalue weighted by atomic mass is 9.83. The van der Waals surface area contributed by atoms with Gasteiger partial charge in [-0.2, -0.15) is 5.26 Å². The number of allylic oxidation sites excluding steroid dienone is 2. The summed E-state index contributed by atoms with van der Waals surface area (Å²) in [6.07, 6.45) is 0. The third-order valence-corrected chi connectivity index (χ3v) is 5.24. The number of halogens is 2. The van der Waals surface area contributed by atoms with Crippen molar-refractivity contribution < 1.29 is 28.1 Å². The van der Waals surface area contributed by atoms with Crippen molar-refractivity contribution in [2.75, 3.05) is 13.7 Å². The molecule has 0 saturated heterocycles. The van der Waals surface area contributed by atoms with Gasteiger partial charge in [-0.05, 0) is 49.2 Å². The summed E-state index contributed by atoms with van der Waals surface area (Å²) in [6, 6.07) is 11.1. The Hall–Kier alpha value is -3.70. The summed E-state index contributed by atoms with van der Waals surface area (Å²) >= 11 is 6.51. The Morgan fingerprint density at radius 2 is 2.09 bits per heavy atom. The molecule has 0 spiro atoms. The van der Waals surface area contributed by atoms with Crippen LogP contribution in [-0.4, -0.2) is 19.7 Å². The first-order valence-electron chi connectivity index (χ1n) is 10.0. The minimum absolute atomic E-state index is 0.0372. The first-order valence-corrected chi connectivity index (χ1v) is 10.4. The zero-order valence-electron chi connectivity index (χ0n) is 18.3. The maximum atomic E-state index is 13.5. The van der Waals surface area contributed by atoms with Gasteiger partial charge in [-0.3, -0.25) is 0 Å². The Morgan fingerprint density at radius 3 is 2.73 bits per heavy atom. The molecule has 0 aromatic heterocycles. The van der Waals surface area contributed by atoms with Gasteiger partial charge in [0.2, 0.25) is 5.88 Å². The van der Waals surface area contributed by atoms with Crippen LogP contribution in [0, 0.1) is 17.1 Å². The second kappa shape index (κ2) is 10.3. The van der Waals surface area contributed by atoms with Gasteiger partial charge in [-0.25, -0.2) is 9.18 Å². The SMILES string of the molecule is CCOC(=O)C1=C(C)OC(N)=C(C#N)C1c1cc(Cl)c(OCc2cccc(F)c2)c(OC)c1. The van der Waals surface area contributed by atoms with E-state index in [0.29, 0.717) is 11.1 Å². The van der Waals surface area contributed by atoms with Crippen molar-refractivity contribution in [3.05, 3.63) is 81.2 Å². The highest BCUT2D eigenvalue weighted by Gasteiger charge is 2.37. The maximum Gasteiger partial charge on any atom is 0.338 e. The van der Waals surface area contributed by atoms with Gasteiger partial charge in [-0.1, -0.05) is 23.7 Å². The fraction of sp³-hybridized carbons (Fsp3) is 0.250. The van der Waals surface area contributed by atoms with Gasteiger partial charge in [0.15, 0.2) is 11.5 Å². The van der Waals surface area contributed by atoms with Crippen molar-refractivity contribution in [3.63, 3.8) is 0 Å². The zero-order valence-corrected chi connectivity index (χ0v) is 19.0. The Labute approximate surface area is 195 Å². The van der Waals surface area contributed by atoms with Gasteiger partial charge in [0, 0.05) is 0 Å². The minimum atomic E-state index is -0.883. The molecule has 2 aromatic rings. The Balaban J connectivity index is 2.05. The lowest BCUT2D eigenvalue weighted by Gasteiger charge is -2.27. The van der Waals surface area contributed by atoms with E-state index in [9.17, 15) is 14.4 Å². The predicted octanol–water partition coefficient (Wildman–Crippen LogP) is 4.71. The highest BCUT2D eigenvalue weighted by Crippen LogP contribution is 2.45. The first-order chi connectivity index (χ1) is 15.8. The number of methoxy groups -OCH3 is 1. The molecule has 0 saturated carbocycles. The summed E-state index contributed by atoms with van der Waals surface area (Å²) < 4.78 is 35.3. The molecule has 1 aliphatic heterocycles. The molecule has 7 nitrogen and oxygen atoms in total. The molecule has 1 aliphatic rings. The lowest BCUT2D eigenvalue weighted by molar-refractivity contribution is -0.139. The number of nitrogens with two attached hydrogens (primary N) is 1. The minimum Gasteiger partial charge on any atom is -0.493 e. The fourth-order valence-corrected chi connectivity index (χ4v) is 3.79. The van der Waals surface area contributed by atoms with Crippen LogP contribution < -0.4 is 15.2 Å². The Morgan fingerprint density at radius 1 is 1.33 bits per heavy atom. The molecular formula is C24H22ClFN2O5. The number of hydrogen-bond donors (Lipinski definition) is 1. The monoisotopic (exact) mass is 472 g/mol. The molecule has 1 heterocycles. The average molecular weight is 473 g/mol. The van der Waals surface area contributed by atoms with Gasteiger partial charge in [0.1, 0.15) is 29.8 Å². The van der Waals surface area contributed by atoms with Crippen LogP contribution in [0.25, 0.3) is 0 Å². The molecule has 2 aromatic carbocycles. The van der Waals surface area contributed by atoms with Gasteiger partial charge in [0.25, 0.3) is 0 Å². The topological polar surface area (TPSA) is 104 Å². The first kappa shape index (κ1) is 24.0. The molecule has 33 heavy (non-hydrogen) atoms. The molecule has 1 atom stereocenters. The van der Waals surface area contributed by atoms with E-state index in [-0.39, 0.29) is 58.3 Å². The van der Waals surface area contributed by atoms with Crippen LogP contribution in [0.5, 0.6) is 11.5 Å². The molecule has 2 N–H and O–H groups in total. The van der Waals surface area contributed by atoms with Gasteiger partial charge < -0.3 is 24.7 Å². The second-order valence-electron chi connectivity index (χ2n) is 7.07. The van der Waals surface area contributed by atoms with E-state index in [2.05, 4.69) is 0 Å². The normalized spacial score (nSPS) is 15.6. The van der Waals surface area contributed by atoms with Crippen LogP contribution >= 0.6 is 11.6 Å². The molecule has 0 radical (unpaired) electrons. The summed E-state index contributed by atoms with van der Waals surface area (Å²) in [4.78, 5) is 12.7. The van der Waals surface area contributed by atoms with Crippen molar-refractivity contribution >= 4 is 17.6 Å². The van der Waals surface area contributed by atoms with Crippen molar-refractivity contribution in [3.8, 4) is 17.6 Å². The number of esters is 1. The number of rotatable bonds is 7. The summed E-state index contributed by atoms with van der Waals surface area (Å²) in [5.74, 6) is -1.31. The number of nitrogens with zero attached hydrogens (tertiary/aromatic N) is 1. The fourth-order valence-electron chi connectivity index (χ4n) is 3.52. The molecular weight excluding hydrogens is 451 g/mol. The van der Waals surface area contributed by atoms with E-state index in [0.717, 1.165) is 0 Å². The van der Waals surface area contributed by atoms with Crippen LogP contribution in [0.1, 0.15) is 30.9 Å². The van der Waals surface area contributed by atoms with Crippen molar-refractivity contribution in [2.24, 2.45) is 5.73 Å². The molecule has 3 rings (SSSR count). The van der Waals surface area contributed by atoms with E-state index >= 15 is 0 Å². The van der Waals surface area contributed by atoms with Crippen LogP contribution in [-0.2, 0) is 20.9 Å². The maximum absolute atomic E-state index is 13.5. The summed E-state index contributed by atoms with van der Waals surface area (Å²) in [5, 5.41) is 9.90. The molecule has 0 aliphatic carbocycles. The van der Waals surface area contributed by atoms with Gasteiger partial charge >= 0.3 is 5.97 Å². The van der Waals surface area contributed by atoms with E-state index in [1.165, 1.54) is 19.2 Å². The van der Waals surface area contributed by atoms with Crippen molar-refractivity contribution in [1.29, 1.82) is 5.26 Å². The van der Waals surface area contributed by atoms with Crippen LogP contribution in [0.2, 0.25) is 5.02 Å². The standard InChI is InChI=1S/C24H22ClFN2O5/c1-4-31-24(29)20-13(2)33-23(28)17(11-27)21(20)15-9-18(25)22(19(10-15)30-3)32-12-14-6-5-7-16(26)8-14/h5-10,21H,4,12,28H2,1-3H3. The van der Waals surface area contributed by atoms with Crippen LogP contribution in [0.4, 0.5) is 4.39 Å². The Kier molecular flexibility index (Phi) is 7.46. The third kappa shape index (κ3) is 5.04. The van der Waals surface area contributed by atoms with Crippen molar-refractivity contribution in [1.82, 2.24) is 0 Å². The summed E-state index contributed by atoms with van der Waals surface area (Å²) in [6.45, 7) is 3.43. The number of benzene rings is 2. The molecule has 172 valence electrons. The molecule has 0 bridgehead atoms. The molecule has 0 amide bonds. The number of ether oxygens (including phenoxy) is 4. The van der Waals surface area contributed by atoms with Gasteiger partial charge in [-0.15, -0.1) is 0 Å².